The summed E-state index contributed by atoms with van der Waals surface area (Å²) in [5.74, 6) is -1.21. The molecule has 0 unspecified atom stereocenters. The molecular formula is C34H73Cl2N3O7Si3. The second-order valence-electron chi connectivity index (χ2n) is 17.1. The van der Waals surface area contributed by atoms with Crippen molar-refractivity contribution < 1.29 is 32.5 Å². The van der Waals surface area contributed by atoms with Gasteiger partial charge in [-0.05, 0) is 96.9 Å². The van der Waals surface area contributed by atoms with Crippen molar-refractivity contribution in [3.05, 3.63) is 0 Å². The van der Waals surface area contributed by atoms with E-state index in [0.717, 1.165) is 6.42 Å². The summed E-state index contributed by atoms with van der Waals surface area (Å²) in [4.78, 5) is 43.7. The van der Waals surface area contributed by atoms with Gasteiger partial charge in [0.1, 0.15) is 0 Å². The molecule has 0 heterocycles. The zero-order chi connectivity index (χ0) is 39.8. The van der Waals surface area contributed by atoms with Crippen LogP contribution in [0.3, 0.4) is 0 Å². The molecule has 292 valence electrons. The number of hydrogen-bond acceptors (Lipinski definition) is 8. The second kappa shape index (κ2) is 22.4. The van der Waals surface area contributed by atoms with Crippen LogP contribution in [0.2, 0.25) is 54.4 Å². The summed E-state index contributed by atoms with van der Waals surface area (Å²) in [5, 5.41) is 3.87. The lowest BCUT2D eigenvalue weighted by Crippen LogP contribution is -2.52. The van der Waals surface area contributed by atoms with Crippen LogP contribution in [0.15, 0.2) is 0 Å². The summed E-state index contributed by atoms with van der Waals surface area (Å²) in [6.07, 6.45) is 2.41. The molecule has 0 saturated heterocycles. The minimum atomic E-state index is -1.90. The van der Waals surface area contributed by atoms with E-state index in [4.69, 9.17) is 19.0 Å². The van der Waals surface area contributed by atoms with Crippen LogP contribution in [0.4, 0.5) is 0 Å². The van der Waals surface area contributed by atoms with Crippen LogP contribution in [-0.4, -0.2) is 85.2 Å². The van der Waals surface area contributed by atoms with Crippen LogP contribution in [-0.2, 0) is 32.5 Å². The van der Waals surface area contributed by atoms with E-state index in [9.17, 15) is 19.2 Å². The molecule has 0 aliphatic rings. The Hall–Kier alpha value is -0.649. The van der Waals surface area contributed by atoms with E-state index in [-0.39, 0.29) is 28.2 Å². The first-order chi connectivity index (χ1) is 21.7. The molecule has 0 aliphatic carbocycles. The Morgan fingerprint density at radius 3 is 0.980 bits per heavy atom. The first kappa shape index (κ1) is 52.7. The molecule has 15 heteroatoms. The van der Waals surface area contributed by atoms with Crippen LogP contribution in [0.25, 0.3) is 0 Å². The van der Waals surface area contributed by atoms with Gasteiger partial charge in [0.25, 0.3) is 0 Å². The van der Waals surface area contributed by atoms with Crippen LogP contribution in [0, 0.1) is 0 Å². The maximum Gasteiger partial charge on any atom is 0.309 e. The molecule has 0 radical (unpaired) electrons. The standard InChI is InChI=1S/C22H48N2O4Si2.C10H25NOSi.C2Cl2O2/c1-13-17(15-27-29(9,10)21(3,4)5)23-19(25)20(26)24-18(14-2)16-28-30(11,12)22(6,7)8;1-7-9(11)8-12-13(5,6)10(2,3)4;3-1(5)2(4)6/h17-18H,13-16H2,1-12H3,(H,23,25)(H,24,26);9H,7-8,11H2,1-6H3;/t17-,18-;9-;/m00./s1. The van der Waals surface area contributed by atoms with Crippen molar-refractivity contribution in [1.82, 2.24) is 10.6 Å². The predicted molar refractivity (Wildman–Crippen MR) is 214 cm³/mol. The quantitative estimate of drug-likeness (QED) is 0.0858. The molecule has 4 N–H and O–H groups in total. The molecule has 0 aliphatic heterocycles. The van der Waals surface area contributed by atoms with Crippen molar-refractivity contribution in [3.8, 4) is 0 Å². The molecule has 49 heavy (non-hydrogen) atoms. The van der Waals surface area contributed by atoms with Gasteiger partial charge in [-0.3, -0.25) is 19.2 Å². The van der Waals surface area contributed by atoms with E-state index >= 15 is 0 Å². The van der Waals surface area contributed by atoms with Gasteiger partial charge < -0.3 is 29.6 Å². The lowest BCUT2D eigenvalue weighted by atomic mass is 10.2. The fourth-order valence-electron chi connectivity index (χ4n) is 2.73. The summed E-state index contributed by atoms with van der Waals surface area (Å²) in [6, 6.07) is -0.156. The Balaban J connectivity index is -0.000000909. The Labute approximate surface area is 312 Å². The van der Waals surface area contributed by atoms with Crippen LogP contribution in [0.5, 0.6) is 0 Å². The minimum Gasteiger partial charge on any atom is -0.415 e. The molecule has 0 spiro atoms. The number of nitrogens with one attached hydrogen (secondary N) is 2. The maximum absolute atomic E-state index is 12.4. The predicted octanol–water partition coefficient (Wildman–Crippen LogP) is 8.08. The molecule has 0 aromatic carbocycles. The summed E-state index contributed by atoms with van der Waals surface area (Å²) < 4.78 is 18.4. The largest absolute Gasteiger partial charge is 0.415 e. The molecule has 0 fully saturated rings. The van der Waals surface area contributed by atoms with Crippen LogP contribution in [0.1, 0.15) is 102 Å². The van der Waals surface area contributed by atoms with Gasteiger partial charge in [0.05, 0.1) is 25.3 Å². The molecule has 2 amide bonds. The lowest BCUT2D eigenvalue weighted by molar-refractivity contribution is -0.140. The second-order valence-corrected chi connectivity index (χ2v) is 32.2. The number of amides is 2. The van der Waals surface area contributed by atoms with Crippen molar-refractivity contribution in [2.75, 3.05) is 19.8 Å². The van der Waals surface area contributed by atoms with E-state index in [1.54, 1.807) is 0 Å². The number of rotatable bonds is 15. The Morgan fingerprint density at radius 2 is 0.796 bits per heavy atom. The van der Waals surface area contributed by atoms with Crippen molar-refractivity contribution >= 4 is 70.5 Å². The van der Waals surface area contributed by atoms with Crippen LogP contribution >= 0.6 is 23.2 Å². The van der Waals surface area contributed by atoms with E-state index in [1.165, 1.54) is 0 Å². The Bertz CT molecular complexity index is 964. The summed E-state index contributed by atoms with van der Waals surface area (Å²) in [6.45, 7) is 40.7. The normalized spacial score (nSPS) is 14.6. The maximum atomic E-state index is 12.4. The molecule has 0 aromatic heterocycles. The van der Waals surface area contributed by atoms with Gasteiger partial charge in [0.2, 0.25) is 0 Å². The molecule has 10 nitrogen and oxygen atoms in total. The van der Waals surface area contributed by atoms with Gasteiger partial charge in [-0.25, -0.2) is 0 Å². The van der Waals surface area contributed by atoms with Gasteiger partial charge in [-0.15, -0.1) is 0 Å². The fourth-order valence-corrected chi connectivity index (χ4v) is 5.89. The zero-order valence-electron chi connectivity index (χ0n) is 34.2. The van der Waals surface area contributed by atoms with Crippen molar-refractivity contribution in [2.45, 2.75) is 175 Å². The number of nitrogens with two attached hydrogens (primary N) is 1. The monoisotopic (exact) mass is 789 g/mol. The SMILES string of the molecule is CC[C@@H](CO[Si](C)(C)C(C)(C)C)NC(=O)C(=O)N[C@@H](CC)CO[Si](C)(C)C(C)(C)C.CC[C@H](N)CO[Si](C)(C)C(C)(C)C.O=C(Cl)C(=O)Cl. The van der Waals surface area contributed by atoms with Gasteiger partial charge in [-0.1, -0.05) is 83.1 Å². The van der Waals surface area contributed by atoms with Crippen LogP contribution < -0.4 is 16.4 Å². The van der Waals surface area contributed by atoms with Crippen molar-refractivity contribution in [3.63, 3.8) is 0 Å². The molecule has 0 aromatic rings. The van der Waals surface area contributed by atoms with E-state index < -0.39 is 47.3 Å². The highest BCUT2D eigenvalue weighted by molar-refractivity contribution is 6.97. The fraction of sp³-hybridized carbons (Fsp3) is 0.882. The first-order valence-electron chi connectivity index (χ1n) is 17.4. The summed E-state index contributed by atoms with van der Waals surface area (Å²) >= 11 is 8.98. The Morgan fingerprint density at radius 1 is 0.551 bits per heavy atom. The highest BCUT2D eigenvalue weighted by Crippen LogP contribution is 2.38. The number of carbonyl (C=O) groups excluding carboxylic acids is 4. The number of carbonyl (C=O) groups is 4. The van der Waals surface area contributed by atoms with Crippen molar-refractivity contribution in [2.24, 2.45) is 5.73 Å². The summed E-state index contributed by atoms with van der Waals surface area (Å²) in [5.41, 5.74) is 5.82. The van der Waals surface area contributed by atoms with Crippen molar-refractivity contribution in [1.29, 1.82) is 0 Å². The molecule has 0 rings (SSSR count). The average molecular weight is 791 g/mol. The highest BCUT2D eigenvalue weighted by atomic mass is 35.5. The highest BCUT2D eigenvalue weighted by Gasteiger charge is 2.39. The van der Waals surface area contributed by atoms with E-state index in [1.807, 2.05) is 13.8 Å². The molecular weight excluding hydrogens is 718 g/mol. The summed E-state index contributed by atoms with van der Waals surface area (Å²) in [7, 11) is -5.37. The Kier molecular flexibility index (Phi) is 24.1. The minimum absolute atomic E-state index is 0.102. The smallest absolute Gasteiger partial charge is 0.309 e. The topological polar surface area (TPSA) is 146 Å². The number of hydrogen-bond donors (Lipinski definition) is 3. The zero-order valence-corrected chi connectivity index (χ0v) is 38.7. The van der Waals surface area contributed by atoms with E-state index in [2.05, 4.69) is 142 Å². The third kappa shape index (κ3) is 22.1. The van der Waals surface area contributed by atoms with Gasteiger partial charge in [0.15, 0.2) is 25.0 Å². The van der Waals surface area contributed by atoms with Gasteiger partial charge in [0, 0.05) is 12.6 Å². The lowest BCUT2D eigenvalue weighted by Gasteiger charge is -2.37. The van der Waals surface area contributed by atoms with Gasteiger partial charge in [-0.2, -0.15) is 0 Å². The molecule has 0 bridgehead atoms. The van der Waals surface area contributed by atoms with E-state index in [0.29, 0.717) is 37.7 Å². The third-order valence-electron chi connectivity index (χ3n) is 9.91. The third-order valence-corrected chi connectivity index (χ3v) is 23.9. The molecule has 3 atom stereocenters. The van der Waals surface area contributed by atoms with Gasteiger partial charge >= 0.3 is 22.3 Å². The average Bonchev–Trinajstić information content (AvgIpc) is 2.94. The molecule has 0 saturated carbocycles. The first-order valence-corrected chi connectivity index (χ1v) is 26.9. The number of halogens is 2.